The molecule has 0 amide bonds. The highest BCUT2D eigenvalue weighted by molar-refractivity contribution is 5.90. The molecule has 0 atom stereocenters. The van der Waals surface area contributed by atoms with Gasteiger partial charge in [-0.1, -0.05) is 0 Å². The van der Waals surface area contributed by atoms with E-state index in [-0.39, 0.29) is 41.3 Å². The van der Waals surface area contributed by atoms with Crippen molar-refractivity contribution in [3.8, 4) is 5.75 Å². The van der Waals surface area contributed by atoms with Crippen LogP contribution < -0.4 is 21.5 Å². The van der Waals surface area contributed by atoms with E-state index in [0.717, 1.165) is 0 Å². The first-order valence-corrected chi connectivity index (χ1v) is 5.84. The Bertz CT molecular complexity index is 671. The van der Waals surface area contributed by atoms with Crippen molar-refractivity contribution in [1.82, 2.24) is 0 Å². The van der Waals surface area contributed by atoms with E-state index in [4.69, 9.17) is 21.3 Å². The largest absolute Gasteiger partial charge is 0.495 e. The molecule has 2 aromatic carbocycles. The van der Waals surface area contributed by atoms with Crippen LogP contribution >= 0.6 is 24.8 Å². The van der Waals surface area contributed by atoms with Crippen LogP contribution in [0.25, 0.3) is 0 Å². The number of carbonyl (C=O) groups is 1. The molecule has 0 saturated carbocycles. The summed E-state index contributed by atoms with van der Waals surface area (Å²) in [5.41, 5.74) is 13.8. The molecule has 0 radical (unpaired) electrons. The quantitative estimate of drug-likeness (QED) is 0.583. The fourth-order valence-electron chi connectivity index (χ4n) is 1.78. The lowest BCUT2D eigenvalue weighted by molar-refractivity contribution is 0.0697. The van der Waals surface area contributed by atoms with Crippen LogP contribution in [0.4, 0.5) is 22.7 Å². The van der Waals surface area contributed by atoms with Gasteiger partial charge < -0.3 is 37.6 Å². The van der Waals surface area contributed by atoms with E-state index in [1.807, 2.05) is 0 Å². The third kappa shape index (κ3) is 6.01. The Hall–Kier alpha value is -2.39. The topological polar surface area (TPSA) is 174 Å². The van der Waals surface area contributed by atoms with Gasteiger partial charge in [0, 0.05) is 5.69 Å². The number of anilines is 4. The Morgan fingerprint density at radius 1 is 1.04 bits per heavy atom. The van der Waals surface area contributed by atoms with Crippen molar-refractivity contribution >= 4 is 53.5 Å². The molecule has 0 aliphatic rings. The van der Waals surface area contributed by atoms with Crippen LogP contribution in [0.1, 0.15) is 10.4 Å². The number of nitrogens with two attached hydrogens (primary N) is 2. The van der Waals surface area contributed by atoms with Gasteiger partial charge >= 0.3 is 5.97 Å². The Morgan fingerprint density at radius 3 is 2.17 bits per heavy atom. The van der Waals surface area contributed by atoms with Crippen molar-refractivity contribution < 1.29 is 25.6 Å². The minimum absolute atomic E-state index is 0. The number of benzene rings is 2. The summed E-state index contributed by atoms with van der Waals surface area (Å²) in [6, 6.07) is 9.58. The zero-order chi connectivity index (χ0) is 14.7. The van der Waals surface area contributed by atoms with Crippen molar-refractivity contribution in [3.63, 3.8) is 0 Å². The van der Waals surface area contributed by atoms with E-state index < -0.39 is 5.97 Å². The van der Waals surface area contributed by atoms with E-state index in [1.54, 1.807) is 24.3 Å². The van der Waals surface area contributed by atoms with Crippen LogP contribution in [0.3, 0.4) is 0 Å². The number of halogens is 2. The fourth-order valence-corrected chi connectivity index (χ4v) is 1.78. The van der Waals surface area contributed by atoms with E-state index >= 15 is 0 Å². The number of rotatable bonds is 4. The first-order valence-electron chi connectivity index (χ1n) is 5.84. The summed E-state index contributed by atoms with van der Waals surface area (Å²) in [7, 11) is 1.51. The molecule has 10 heteroatoms. The molecule has 0 saturated heterocycles. The normalized spacial score (nSPS) is 8.38. The van der Waals surface area contributed by atoms with E-state index in [1.165, 1.54) is 19.2 Å². The van der Waals surface area contributed by atoms with Gasteiger partial charge in [-0.15, -0.1) is 24.8 Å². The van der Waals surface area contributed by atoms with Crippen LogP contribution in [0.15, 0.2) is 36.4 Å². The molecule has 24 heavy (non-hydrogen) atoms. The Morgan fingerprint density at radius 2 is 1.67 bits per heavy atom. The number of hydrogen-bond donors (Lipinski definition) is 4. The Kier molecular flexibility index (Phi) is 12.4. The molecule has 2 rings (SSSR count). The van der Waals surface area contributed by atoms with Crippen molar-refractivity contribution in [2.75, 3.05) is 23.9 Å². The molecule has 0 fully saturated rings. The number of nitrogen functional groups attached to an aromatic ring is 2. The number of nitrogens with one attached hydrogen (secondary N) is 1. The lowest BCUT2D eigenvalue weighted by atomic mass is 10.1. The van der Waals surface area contributed by atoms with Gasteiger partial charge in [0.2, 0.25) is 0 Å². The number of carboxylic acid groups (broad SMARTS) is 1. The van der Waals surface area contributed by atoms with Gasteiger partial charge in [0.05, 0.1) is 29.7 Å². The molecule has 8 nitrogen and oxygen atoms in total. The maximum atomic E-state index is 11.0. The summed E-state index contributed by atoms with van der Waals surface area (Å²) in [6.07, 6.45) is 0. The molecule has 0 heterocycles. The highest BCUT2D eigenvalue weighted by Crippen LogP contribution is 2.31. The third-order valence-corrected chi connectivity index (χ3v) is 2.79. The highest BCUT2D eigenvalue weighted by Gasteiger charge is 2.10. The predicted octanol–water partition coefficient (Wildman–Crippen LogP) is 1.50. The summed E-state index contributed by atoms with van der Waals surface area (Å²) in [5.74, 6) is -0.493. The molecule has 0 bridgehead atoms. The molecule has 0 unspecified atom stereocenters. The first-order chi connectivity index (χ1) is 9.51. The summed E-state index contributed by atoms with van der Waals surface area (Å²) in [5, 5.41) is 12.1. The first kappa shape index (κ1) is 26.5. The van der Waals surface area contributed by atoms with Gasteiger partial charge in [-0.05, 0) is 36.4 Å². The minimum Gasteiger partial charge on any atom is -0.495 e. The summed E-state index contributed by atoms with van der Waals surface area (Å²) < 4.78 is 5.19. The van der Waals surface area contributed by atoms with Gasteiger partial charge in [-0.25, -0.2) is 4.79 Å². The lowest BCUT2D eigenvalue weighted by Gasteiger charge is -2.14. The van der Waals surface area contributed by atoms with Gasteiger partial charge in [-0.2, -0.15) is 0 Å². The molecule has 0 aliphatic carbocycles. The molecule has 2 aromatic rings. The molecule has 0 aliphatic heterocycles. The number of ether oxygens (including phenoxy) is 1. The third-order valence-electron chi connectivity index (χ3n) is 2.79. The summed E-state index contributed by atoms with van der Waals surface area (Å²) in [6.45, 7) is 0. The van der Waals surface area contributed by atoms with Gasteiger partial charge in [0.1, 0.15) is 5.75 Å². The van der Waals surface area contributed by atoms with Crippen molar-refractivity contribution in [2.45, 2.75) is 0 Å². The molecular formula is C14H21Cl2N3O5. The minimum atomic E-state index is -1.01. The molecular weight excluding hydrogens is 361 g/mol. The molecule has 136 valence electrons. The average molecular weight is 382 g/mol. The number of carboxylic acids is 1. The van der Waals surface area contributed by atoms with E-state index in [2.05, 4.69) is 5.32 Å². The maximum absolute atomic E-state index is 11.0. The van der Waals surface area contributed by atoms with Crippen molar-refractivity contribution in [1.29, 1.82) is 0 Å². The van der Waals surface area contributed by atoms with Crippen molar-refractivity contribution in [3.05, 3.63) is 42.0 Å². The predicted molar refractivity (Wildman–Crippen MR) is 100 cm³/mol. The highest BCUT2D eigenvalue weighted by atomic mass is 35.5. The van der Waals surface area contributed by atoms with Gasteiger partial charge in [0.25, 0.3) is 0 Å². The second-order valence-corrected chi connectivity index (χ2v) is 4.19. The van der Waals surface area contributed by atoms with Crippen LogP contribution in [-0.4, -0.2) is 29.1 Å². The van der Waals surface area contributed by atoms with Crippen LogP contribution in [0.2, 0.25) is 0 Å². The molecule has 0 spiro atoms. The monoisotopic (exact) mass is 381 g/mol. The fraction of sp³-hybridized carbons (Fsp3) is 0.0714. The zero-order valence-corrected chi connectivity index (χ0v) is 14.3. The average Bonchev–Trinajstić information content (AvgIpc) is 2.41. The van der Waals surface area contributed by atoms with Gasteiger partial charge in [0.15, 0.2) is 0 Å². The molecule has 0 aromatic heterocycles. The van der Waals surface area contributed by atoms with Crippen molar-refractivity contribution in [2.24, 2.45) is 0 Å². The van der Waals surface area contributed by atoms with E-state index in [0.29, 0.717) is 28.5 Å². The SMILES string of the molecule is COc1ccc(C(=O)O)cc1Nc1ccc(N)cc1N.Cl.Cl.O.O. The zero-order valence-electron chi connectivity index (χ0n) is 12.7. The van der Waals surface area contributed by atoms with Gasteiger partial charge in [-0.3, -0.25) is 0 Å². The summed E-state index contributed by atoms with van der Waals surface area (Å²) >= 11 is 0. The van der Waals surface area contributed by atoms with Crippen LogP contribution in [-0.2, 0) is 0 Å². The molecule has 10 N–H and O–H groups in total. The Labute approximate surface area is 151 Å². The standard InChI is InChI=1S/C14H15N3O3.2ClH.2H2O/c1-20-13-5-2-8(14(18)19)6-12(13)17-11-4-3-9(15)7-10(11)16;;;;/h2-7,17H,15-16H2,1H3,(H,18,19);2*1H;2*1H2. The second-order valence-electron chi connectivity index (χ2n) is 4.19. The smallest absolute Gasteiger partial charge is 0.335 e. The maximum Gasteiger partial charge on any atom is 0.335 e. The van der Waals surface area contributed by atoms with E-state index in [9.17, 15) is 4.79 Å². The second kappa shape index (κ2) is 11.2. The van der Waals surface area contributed by atoms with Crippen LogP contribution in [0.5, 0.6) is 5.75 Å². The number of methoxy groups -OCH3 is 1. The Balaban J connectivity index is -0.00000110. The lowest BCUT2D eigenvalue weighted by Crippen LogP contribution is -2.02. The number of hydrogen-bond acceptors (Lipinski definition) is 5. The number of aromatic carboxylic acids is 1. The van der Waals surface area contributed by atoms with Crippen LogP contribution in [0, 0.1) is 0 Å². The summed E-state index contributed by atoms with van der Waals surface area (Å²) in [4.78, 5) is 11.0.